The lowest BCUT2D eigenvalue weighted by Crippen LogP contribution is -2.47. The first-order valence-electron chi connectivity index (χ1n) is 9.87. The van der Waals surface area contributed by atoms with Crippen molar-refractivity contribution in [2.45, 2.75) is 51.6 Å². The summed E-state index contributed by atoms with van der Waals surface area (Å²) in [5, 5.41) is 0. The minimum atomic E-state index is -0.693. The van der Waals surface area contributed by atoms with Gasteiger partial charge in [0.1, 0.15) is 5.82 Å². The Balaban J connectivity index is 1.68. The molecule has 4 rings (SSSR count). The number of aryl methyl sites for hydroxylation is 1. The molecule has 0 aliphatic carbocycles. The van der Waals surface area contributed by atoms with Crippen LogP contribution in [0.1, 0.15) is 47.9 Å². The normalized spacial score (nSPS) is 25.7. The molecule has 2 bridgehead atoms. The summed E-state index contributed by atoms with van der Waals surface area (Å²) in [7, 11) is 0. The molecule has 0 radical (unpaired) electrons. The maximum atomic E-state index is 13.2. The second kappa shape index (κ2) is 7.34. The molecule has 2 saturated heterocycles. The molecule has 146 valence electrons. The van der Waals surface area contributed by atoms with Crippen LogP contribution in [0, 0.1) is 12.3 Å². The standard InChI is InChI=1S/C22H25N3O3/c1-3-28-21(27)22(11-16-7-5-4-6-8-16)12-18-9-10-19(22)25(18)20(26)17-13-23-15(2)24-14-17/h4-8,13-14,18-19H,3,9-12H2,1-2H3/t18-,19+,22+/m1/s1. The summed E-state index contributed by atoms with van der Waals surface area (Å²) in [6.07, 6.45) is 6.11. The van der Waals surface area contributed by atoms with Crippen LogP contribution in [-0.2, 0) is 16.0 Å². The second-order valence-corrected chi connectivity index (χ2v) is 7.72. The summed E-state index contributed by atoms with van der Waals surface area (Å²) >= 11 is 0. The van der Waals surface area contributed by atoms with Crippen molar-refractivity contribution >= 4 is 11.9 Å². The molecule has 1 amide bonds. The van der Waals surface area contributed by atoms with E-state index in [-0.39, 0.29) is 24.0 Å². The van der Waals surface area contributed by atoms with Crippen molar-refractivity contribution in [1.29, 1.82) is 0 Å². The molecule has 2 fully saturated rings. The molecule has 1 aromatic carbocycles. The molecule has 28 heavy (non-hydrogen) atoms. The zero-order valence-corrected chi connectivity index (χ0v) is 16.3. The van der Waals surface area contributed by atoms with Crippen LogP contribution >= 0.6 is 0 Å². The lowest BCUT2D eigenvalue weighted by molar-refractivity contribution is -0.157. The fraction of sp³-hybridized carbons (Fsp3) is 0.455. The van der Waals surface area contributed by atoms with Gasteiger partial charge in [-0.2, -0.15) is 0 Å². The number of hydrogen-bond acceptors (Lipinski definition) is 5. The summed E-state index contributed by atoms with van der Waals surface area (Å²) < 4.78 is 5.50. The van der Waals surface area contributed by atoms with Crippen LogP contribution in [0.3, 0.4) is 0 Å². The maximum Gasteiger partial charge on any atom is 0.314 e. The van der Waals surface area contributed by atoms with E-state index < -0.39 is 5.41 Å². The van der Waals surface area contributed by atoms with Crippen molar-refractivity contribution in [2.75, 3.05) is 6.61 Å². The molecular formula is C22H25N3O3. The van der Waals surface area contributed by atoms with Gasteiger partial charge in [0.25, 0.3) is 5.91 Å². The molecule has 0 N–H and O–H groups in total. The number of ether oxygens (including phenoxy) is 1. The van der Waals surface area contributed by atoms with E-state index in [1.54, 1.807) is 19.3 Å². The molecular weight excluding hydrogens is 354 g/mol. The van der Waals surface area contributed by atoms with Gasteiger partial charge in [-0.05, 0) is 45.1 Å². The fourth-order valence-electron chi connectivity index (χ4n) is 4.86. The Morgan fingerprint density at radius 2 is 1.89 bits per heavy atom. The summed E-state index contributed by atoms with van der Waals surface area (Å²) in [6.45, 7) is 3.96. The average molecular weight is 379 g/mol. The fourth-order valence-corrected chi connectivity index (χ4v) is 4.86. The van der Waals surface area contributed by atoms with Crippen molar-refractivity contribution in [2.24, 2.45) is 5.41 Å². The highest BCUT2D eigenvalue weighted by atomic mass is 16.5. The number of esters is 1. The summed E-state index contributed by atoms with van der Waals surface area (Å²) in [5.74, 6) is 0.349. The van der Waals surface area contributed by atoms with Gasteiger partial charge in [0.2, 0.25) is 0 Å². The molecule has 0 unspecified atom stereocenters. The number of carbonyl (C=O) groups is 2. The van der Waals surface area contributed by atoms with E-state index in [0.717, 1.165) is 18.4 Å². The Kier molecular flexibility index (Phi) is 4.87. The van der Waals surface area contributed by atoms with Gasteiger partial charge in [0.15, 0.2) is 0 Å². The second-order valence-electron chi connectivity index (χ2n) is 7.72. The van der Waals surface area contributed by atoms with Gasteiger partial charge in [-0.15, -0.1) is 0 Å². The molecule has 2 aliphatic heterocycles. The van der Waals surface area contributed by atoms with Crippen molar-refractivity contribution in [3.05, 3.63) is 59.7 Å². The SMILES string of the molecule is CCOC(=O)[C@@]1(Cc2ccccc2)C[C@H]2CC[C@@H]1N2C(=O)c1cnc(C)nc1. The topological polar surface area (TPSA) is 72.4 Å². The van der Waals surface area contributed by atoms with E-state index in [2.05, 4.69) is 9.97 Å². The van der Waals surface area contributed by atoms with Gasteiger partial charge in [-0.25, -0.2) is 9.97 Å². The van der Waals surface area contributed by atoms with Crippen LogP contribution in [0.4, 0.5) is 0 Å². The molecule has 1 aromatic heterocycles. The summed E-state index contributed by atoms with van der Waals surface area (Å²) in [5.41, 5.74) is 0.873. The van der Waals surface area contributed by atoms with Crippen LogP contribution in [-0.4, -0.2) is 45.4 Å². The zero-order valence-electron chi connectivity index (χ0n) is 16.3. The highest BCUT2D eigenvalue weighted by molar-refractivity contribution is 5.95. The first-order valence-corrected chi connectivity index (χ1v) is 9.87. The lowest BCUT2D eigenvalue weighted by Gasteiger charge is -2.35. The Hall–Kier alpha value is -2.76. The Morgan fingerprint density at radius 3 is 2.57 bits per heavy atom. The largest absolute Gasteiger partial charge is 0.465 e. The first-order chi connectivity index (χ1) is 13.5. The molecule has 0 spiro atoms. The minimum absolute atomic E-state index is 0.0481. The molecule has 0 saturated carbocycles. The highest BCUT2D eigenvalue weighted by Gasteiger charge is 2.62. The highest BCUT2D eigenvalue weighted by Crippen LogP contribution is 2.52. The van der Waals surface area contributed by atoms with E-state index in [4.69, 9.17) is 4.74 Å². The number of rotatable bonds is 5. The number of nitrogens with zero attached hydrogens (tertiary/aromatic N) is 3. The van der Waals surface area contributed by atoms with Crippen LogP contribution in [0.25, 0.3) is 0 Å². The van der Waals surface area contributed by atoms with E-state index in [0.29, 0.717) is 30.8 Å². The summed E-state index contributed by atoms with van der Waals surface area (Å²) in [6, 6.07) is 9.88. The van der Waals surface area contributed by atoms with Gasteiger partial charge in [0.05, 0.1) is 17.6 Å². The Bertz CT molecular complexity index is 868. The van der Waals surface area contributed by atoms with Crippen molar-refractivity contribution in [3.63, 3.8) is 0 Å². The van der Waals surface area contributed by atoms with Crippen LogP contribution < -0.4 is 0 Å². The third-order valence-electron chi connectivity index (χ3n) is 6.05. The van der Waals surface area contributed by atoms with Gasteiger partial charge in [0, 0.05) is 24.5 Å². The van der Waals surface area contributed by atoms with Gasteiger partial charge >= 0.3 is 5.97 Å². The molecule has 3 heterocycles. The molecule has 6 nitrogen and oxygen atoms in total. The predicted molar refractivity (Wildman–Crippen MR) is 104 cm³/mol. The first kappa shape index (κ1) is 18.6. The minimum Gasteiger partial charge on any atom is -0.465 e. The van der Waals surface area contributed by atoms with Crippen LogP contribution in [0.5, 0.6) is 0 Å². The monoisotopic (exact) mass is 379 g/mol. The average Bonchev–Trinajstić information content (AvgIpc) is 3.25. The van der Waals surface area contributed by atoms with Crippen LogP contribution in [0.15, 0.2) is 42.7 Å². The number of carbonyl (C=O) groups excluding carboxylic acids is 2. The van der Waals surface area contributed by atoms with E-state index >= 15 is 0 Å². The third-order valence-corrected chi connectivity index (χ3v) is 6.05. The van der Waals surface area contributed by atoms with Crippen LogP contribution in [0.2, 0.25) is 0 Å². The lowest BCUT2D eigenvalue weighted by atomic mass is 9.70. The van der Waals surface area contributed by atoms with Gasteiger partial charge in [-0.1, -0.05) is 30.3 Å². The number of amides is 1. The molecule has 2 aliphatic rings. The van der Waals surface area contributed by atoms with Gasteiger partial charge in [-0.3, -0.25) is 9.59 Å². The van der Waals surface area contributed by atoms with Gasteiger partial charge < -0.3 is 9.64 Å². The Morgan fingerprint density at radius 1 is 1.18 bits per heavy atom. The number of fused-ring (bicyclic) bond motifs is 2. The molecule has 3 atom stereocenters. The van der Waals surface area contributed by atoms with Crippen molar-refractivity contribution < 1.29 is 14.3 Å². The van der Waals surface area contributed by atoms with Crippen molar-refractivity contribution in [1.82, 2.24) is 14.9 Å². The Labute approximate surface area is 164 Å². The number of hydrogen-bond donors (Lipinski definition) is 0. The molecule has 2 aromatic rings. The quantitative estimate of drug-likeness (QED) is 0.747. The van der Waals surface area contributed by atoms with E-state index in [1.165, 1.54) is 0 Å². The predicted octanol–water partition coefficient (Wildman–Crippen LogP) is 2.95. The van der Waals surface area contributed by atoms with Crippen molar-refractivity contribution in [3.8, 4) is 0 Å². The van der Waals surface area contributed by atoms with E-state index in [1.807, 2.05) is 42.2 Å². The zero-order chi connectivity index (χ0) is 19.7. The maximum absolute atomic E-state index is 13.2. The number of benzene rings is 1. The number of aromatic nitrogens is 2. The molecule has 6 heteroatoms. The third kappa shape index (κ3) is 3.07. The summed E-state index contributed by atoms with van der Waals surface area (Å²) in [4.78, 5) is 36.6. The van der Waals surface area contributed by atoms with E-state index in [9.17, 15) is 9.59 Å². The smallest absolute Gasteiger partial charge is 0.314 e.